The molecule has 1 aliphatic heterocycles. The van der Waals surface area contributed by atoms with E-state index in [9.17, 15) is 13.2 Å². The number of benzene rings is 2. The van der Waals surface area contributed by atoms with Crippen LogP contribution in [0.5, 0.6) is 0 Å². The molecule has 1 heterocycles. The number of carbonyl (C=O) groups excluding carboxylic acids is 1. The van der Waals surface area contributed by atoms with Gasteiger partial charge in [0.15, 0.2) is 0 Å². The van der Waals surface area contributed by atoms with Crippen LogP contribution < -0.4 is 5.32 Å². The lowest BCUT2D eigenvalue weighted by Crippen LogP contribution is -2.40. The van der Waals surface area contributed by atoms with Crippen LogP contribution >= 0.6 is 11.8 Å². The van der Waals surface area contributed by atoms with Crippen LogP contribution in [0.2, 0.25) is 0 Å². The Bertz CT molecular complexity index is 984. The Labute approximate surface area is 175 Å². The number of aryl methyl sites for hydroxylation is 2. The van der Waals surface area contributed by atoms with E-state index in [2.05, 4.69) is 23.5 Å². The summed E-state index contributed by atoms with van der Waals surface area (Å²) in [6.07, 6.45) is 3.48. The Morgan fingerprint density at radius 2 is 1.76 bits per heavy atom. The lowest BCUT2D eigenvalue weighted by atomic mass is 10.1. The van der Waals surface area contributed by atoms with Gasteiger partial charge >= 0.3 is 0 Å². The zero-order valence-electron chi connectivity index (χ0n) is 16.1. The summed E-state index contributed by atoms with van der Waals surface area (Å²) in [5, 5.41) is 2.83. The predicted octanol–water partition coefficient (Wildman–Crippen LogP) is 2.93. The van der Waals surface area contributed by atoms with Gasteiger partial charge in [0.1, 0.15) is 0 Å². The van der Waals surface area contributed by atoms with Crippen LogP contribution in [0.4, 0.5) is 5.69 Å². The fourth-order valence-electron chi connectivity index (χ4n) is 3.63. The lowest BCUT2D eigenvalue weighted by Gasteiger charge is -2.26. The fraction of sp³-hybridized carbons (Fsp3) is 0.381. The van der Waals surface area contributed by atoms with Crippen molar-refractivity contribution in [3.8, 4) is 0 Å². The van der Waals surface area contributed by atoms with Crippen LogP contribution in [-0.2, 0) is 32.4 Å². The van der Waals surface area contributed by atoms with Gasteiger partial charge in [-0.05, 0) is 66.8 Å². The number of fused-ring (bicyclic) bond motifs is 1. The minimum absolute atomic E-state index is 0.112. The minimum Gasteiger partial charge on any atom is -0.379 e. The molecule has 0 aromatic heterocycles. The van der Waals surface area contributed by atoms with Crippen molar-refractivity contribution >= 4 is 33.4 Å². The van der Waals surface area contributed by atoms with Crippen molar-refractivity contribution in [2.24, 2.45) is 0 Å². The molecular weight excluding hydrogens is 408 g/mol. The summed E-state index contributed by atoms with van der Waals surface area (Å²) >= 11 is 1.51. The number of nitrogens with one attached hydrogen (secondary N) is 1. The Hall–Kier alpha value is -1.87. The second-order valence-electron chi connectivity index (χ2n) is 7.16. The Morgan fingerprint density at radius 1 is 1.03 bits per heavy atom. The van der Waals surface area contributed by atoms with E-state index in [-0.39, 0.29) is 10.8 Å². The smallest absolute Gasteiger partial charge is 0.243 e. The van der Waals surface area contributed by atoms with Crippen molar-refractivity contribution in [1.82, 2.24) is 4.31 Å². The maximum atomic E-state index is 12.6. The quantitative estimate of drug-likeness (QED) is 0.711. The largest absolute Gasteiger partial charge is 0.379 e. The molecule has 0 atom stereocenters. The van der Waals surface area contributed by atoms with Gasteiger partial charge in [0.25, 0.3) is 0 Å². The topological polar surface area (TPSA) is 75.7 Å². The fourth-order valence-corrected chi connectivity index (χ4v) is 5.80. The molecule has 6 nitrogen and oxygen atoms in total. The van der Waals surface area contributed by atoms with Crippen molar-refractivity contribution in [3.63, 3.8) is 0 Å². The molecule has 29 heavy (non-hydrogen) atoms. The summed E-state index contributed by atoms with van der Waals surface area (Å²) in [7, 11) is -3.52. The average Bonchev–Trinajstić information content (AvgIpc) is 3.21. The van der Waals surface area contributed by atoms with Crippen molar-refractivity contribution in [3.05, 3.63) is 53.6 Å². The standard InChI is InChI=1S/C21H24N2O4S2/c24-21(15-28-19-7-4-16-2-1-3-17(16)14-19)22-18-5-8-20(9-6-18)29(25,26)23-10-12-27-13-11-23/h4-9,14H,1-3,10-13,15H2,(H,22,24). The first-order chi connectivity index (χ1) is 14.0. The first kappa shape index (κ1) is 20.4. The normalized spacial score (nSPS) is 17.1. The highest BCUT2D eigenvalue weighted by molar-refractivity contribution is 8.00. The average molecular weight is 433 g/mol. The first-order valence-electron chi connectivity index (χ1n) is 9.75. The maximum absolute atomic E-state index is 12.6. The van der Waals surface area contributed by atoms with Gasteiger partial charge < -0.3 is 10.1 Å². The molecular formula is C21H24N2O4S2. The Kier molecular flexibility index (Phi) is 6.24. The lowest BCUT2D eigenvalue weighted by molar-refractivity contribution is -0.113. The maximum Gasteiger partial charge on any atom is 0.243 e. The number of sulfonamides is 1. The summed E-state index contributed by atoms with van der Waals surface area (Å²) in [6, 6.07) is 12.8. The van der Waals surface area contributed by atoms with E-state index in [1.54, 1.807) is 12.1 Å². The minimum atomic E-state index is -3.52. The van der Waals surface area contributed by atoms with Crippen LogP contribution in [0, 0.1) is 0 Å². The summed E-state index contributed by atoms with van der Waals surface area (Å²) in [4.78, 5) is 13.6. The zero-order chi connectivity index (χ0) is 20.3. The van der Waals surface area contributed by atoms with Gasteiger partial charge in [-0.3, -0.25) is 4.79 Å². The van der Waals surface area contributed by atoms with E-state index < -0.39 is 10.0 Å². The van der Waals surface area contributed by atoms with Gasteiger partial charge in [-0.2, -0.15) is 4.31 Å². The molecule has 1 saturated heterocycles. The molecule has 1 amide bonds. The predicted molar refractivity (Wildman–Crippen MR) is 114 cm³/mol. The van der Waals surface area contributed by atoms with Crippen molar-refractivity contribution in [2.45, 2.75) is 29.1 Å². The molecule has 0 radical (unpaired) electrons. The van der Waals surface area contributed by atoms with Gasteiger partial charge in [-0.25, -0.2) is 8.42 Å². The van der Waals surface area contributed by atoms with Crippen LogP contribution in [0.25, 0.3) is 0 Å². The van der Waals surface area contributed by atoms with Crippen molar-refractivity contribution in [1.29, 1.82) is 0 Å². The van der Waals surface area contributed by atoms with Crippen LogP contribution in [0.15, 0.2) is 52.3 Å². The Balaban J connectivity index is 1.33. The molecule has 154 valence electrons. The monoisotopic (exact) mass is 432 g/mol. The number of thioether (sulfide) groups is 1. The molecule has 0 spiro atoms. The zero-order valence-corrected chi connectivity index (χ0v) is 17.7. The molecule has 1 fully saturated rings. The second kappa shape index (κ2) is 8.87. The van der Waals surface area contributed by atoms with Crippen molar-refractivity contribution in [2.75, 3.05) is 37.4 Å². The molecule has 1 aliphatic carbocycles. The van der Waals surface area contributed by atoms with Gasteiger partial charge in [0.2, 0.25) is 15.9 Å². The number of carbonyl (C=O) groups is 1. The van der Waals surface area contributed by atoms with Gasteiger partial charge in [-0.1, -0.05) is 6.07 Å². The van der Waals surface area contributed by atoms with Gasteiger partial charge in [-0.15, -0.1) is 11.8 Å². The number of morpholine rings is 1. The summed E-state index contributed by atoms with van der Waals surface area (Å²) in [5.74, 6) is 0.200. The Morgan fingerprint density at radius 3 is 2.52 bits per heavy atom. The number of anilines is 1. The van der Waals surface area contributed by atoms with E-state index >= 15 is 0 Å². The van der Waals surface area contributed by atoms with Crippen LogP contribution in [0.1, 0.15) is 17.5 Å². The third-order valence-corrected chi connectivity index (χ3v) is 8.09. The first-order valence-corrected chi connectivity index (χ1v) is 12.2. The highest BCUT2D eigenvalue weighted by Gasteiger charge is 2.26. The van der Waals surface area contributed by atoms with Gasteiger partial charge in [0.05, 0.1) is 23.9 Å². The second-order valence-corrected chi connectivity index (χ2v) is 10.1. The molecule has 2 aromatic carbocycles. The molecule has 1 N–H and O–H groups in total. The molecule has 2 aliphatic rings. The molecule has 0 saturated carbocycles. The molecule has 0 unspecified atom stereocenters. The summed E-state index contributed by atoms with van der Waals surface area (Å²) in [6.45, 7) is 1.55. The molecule has 4 rings (SSSR count). The summed E-state index contributed by atoms with van der Waals surface area (Å²) < 4.78 is 31.9. The van der Waals surface area contributed by atoms with E-state index in [1.807, 2.05) is 0 Å². The third kappa shape index (κ3) is 4.83. The number of nitrogens with zero attached hydrogens (tertiary/aromatic N) is 1. The highest BCUT2D eigenvalue weighted by Crippen LogP contribution is 2.27. The van der Waals surface area contributed by atoms with E-state index in [4.69, 9.17) is 4.74 Å². The van der Waals surface area contributed by atoms with Gasteiger partial charge in [0, 0.05) is 23.7 Å². The number of amides is 1. The van der Waals surface area contributed by atoms with E-state index in [0.29, 0.717) is 37.7 Å². The van der Waals surface area contributed by atoms with Crippen LogP contribution in [-0.4, -0.2) is 50.7 Å². The molecule has 0 bridgehead atoms. The number of hydrogen-bond donors (Lipinski definition) is 1. The van der Waals surface area contributed by atoms with E-state index in [1.165, 1.54) is 45.7 Å². The summed E-state index contributed by atoms with van der Waals surface area (Å²) in [5.41, 5.74) is 3.41. The molecule has 8 heteroatoms. The number of rotatable bonds is 6. The third-order valence-electron chi connectivity index (χ3n) is 5.19. The number of ether oxygens (including phenoxy) is 1. The van der Waals surface area contributed by atoms with E-state index in [0.717, 1.165) is 17.7 Å². The van der Waals surface area contributed by atoms with Crippen molar-refractivity contribution < 1.29 is 17.9 Å². The van der Waals surface area contributed by atoms with Crippen LogP contribution in [0.3, 0.4) is 0 Å². The number of hydrogen-bond acceptors (Lipinski definition) is 5. The highest BCUT2D eigenvalue weighted by atomic mass is 32.2. The molecule has 2 aromatic rings. The SMILES string of the molecule is O=C(CSc1ccc2c(c1)CCC2)Nc1ccc(S(=O)(=O)N2CCOCC2)cc1.